The Morgan fingerprint density at radius 3 is 2.70 bits per heavy atom. The Morgan fingerprint density at radius 1 is 1.70 bits per heavy atom. The standard InChI is InChI=1S/C7H11ClO2/c1-2-3-4-6(8)5-7(9)10/h5H,2-4H2,1H3,(H,9,10)/b6-5-. The van der Waals surface area contributed by atoms with E-state index in [1.807, 2.05) is 6.92 Å². The van der Waals surface area contributed by atoms with Crippen LogP contribution in [0.3, 0.4) is 0 Å². The molecular formula is C7H11ClO2. The number of halogens is 1. The summed E-state index contributed by atoms with van der Waals surface area (Å²) in [7, 11) is 0. The van der Waals surface area contributed by atoms with Crippen molar-refractivity contribution in [3.8, 4) is 0 Å². The number of carboxylic acid groups (broad SMARTS) is 1. The molecule has 0 bridgehead atoms. The monoisotopic (exact) mass is 162 g/mol. The van der Waals surface area contributed by atoms with Crippen molar-refractivity contribution in [3.63, 3.8) is 0 Å². The molecule has 0 heterocycles. The van der Waals surface area contributed by atoms with Crippen molar-refractivity contribution in [2.45, 2.75) is 26.2 Å². The van der Waals surface area contributed by atoms with Gasteiger partial charge in [-0.15, -0.1) is 0 Å². The zero-order valence-corrected chi connectivity index (χ0v) is 6.69. The number of unbranched alkanes of at least 4 members (excludes halogenated alkanes) is 1. The second kappa shape index (κ2) is 5.30. The van der Waals surface area contributed by atoms with Crippen molar-refractivity contribution in [3.05, 3.63) is 11.1 Å². The lowest BCUT2D eigenvalue weighted by Gasteiger charge is -1.92. The third-order valence-corrected chi connectivity index (χ3v) is 1.35. The summed E-state index contributed by atoms with van der Waals surface area (Å²) < 4.78 is 0. The van der Waals surface area contributed by atoms with Crippen LogP contribution in [-0.2, 0) is 4.79 Å². The van der Waals surface area contributed by atoms with Gasteiger partial charge in [-0.3, -0.25) is 0 Å². The largest absolute Gasteiger partial charge is 0.478 e. The summed E-state index contributed by atoms with van der Waals surface area (Å²) in [6.07, 6.45) is 3.69. The van der Waals surface area contributed by atoms with Crippen LogP contribution < -0.4 is 0 Å². The molecule has 0 aromatic rings. The lowest BCUT2D eigenvalue weighted by molar-refractivity contribution is -0.131. The summed E-state index contributed by atoms with van der Waals surface area (Å²) in [6.45, 7) is 2.03. The first-order valence-corrected chi connectivity index (χ1v) is 3.63. The van der Waals surface area contributed by atoms with Crippen LogP contribution in [0.15, 0.2) is 11.1 Å². The van der Waals surface area contributed by atoms with E-state index in [9.17, 15) is 4.79 Å². The van der Waals surface area contributed by atoms with E-state index in [-0.39, 0.29) is 0 Å². The lowest BCUT2D eigenvalue weighted by Crippen LogP contribution is -1.88. The SMILES string of the molecule is CCCC/C(Cl)=C/C(=O)O. The summed E-state index contributed by atoms with van der Waals surface area (Å²) >= 11 is 5.53. The summed E-state index contributed by atoms with van der Waals surface area (Å²) in [4.78, 5) is 10.0. The first-order chi connectivity index (χ1) is 4.66. The van der Waals surface area contributed by atoms with E-state index in [0.29, 0.717) is 11.5 Å². The number of hydrogen-bond donors (Lipinski definition) is 1. The van der Waals surface area contributed by atoms with Gasteiger partial charge >= 0.3 is 5.97 Å². The van der Waals surface area contributed by atoms with Gasteiger partial charge < -0.3 is 5.11 Å². The number of rotatable bonds is 4. The number of hydrogen-bond acceptors (Lipinski definition) is 1. The van der Waals surface area contributed by atoms with Crippen molar-refractivity contribution in [2.24, 2.45) is 0 Å². The molecule has 0 aromatic heterocycles. The number of allylic oxidation sites excluding steroid dienone is 1. The fourth-order valence-electron chi connectivity index (χ4n) is 0.552. The average molecular weight is 163 g/mol. The number of carboxylic acids is 1. The van der Waals surface area contributed by atoms with Crippen LogP contribution in [0, 0.1) is 0 Å². The van der Waals surface area contributed by atoms with Gasteiger partial charge in [-0.25, -0.2) is 4.79 Å². The second-order valence-corrected chi connectivity index (χ2v) is 2.52. The minimum absolute atomic E-state index is 0.425. The molecule has 0 aliphatic heterocycles. The molecule has 10 heavy (non-hydrogen) atoms. The summed E-state index contributed by atoms with van der Waals surface area (Å²) in [5, 5.41) is 8.65. The second-order valence-electron chi connectivity index (χ2n) is 2.03. The minimum atomic E-state index is -0.971. The highest BCUT2D eigenvalue weighted by Crippen LogP contribution is 2.10. The van der Waals surface area contributed by atoms with Gasteiger partial charge in [0.1, 0.15) is 0 Å². The molecule has 0 fully saturated rings. The highest BCUT2D eigenvalue weighted by molar-refractivity contribution is 6.30. The highest BCUT2D eigenvalue weighted by atomic mass is 35.5. The van der Waals surface area contributed by atoms with Crippen LogP contribution in [0.5, 0.6) is 0 Å². The molecular weight excluding hydrogens is 152 g/mol. The molecule has 0 unspecified atom stereocenters. The summed E-state index contributed by atoms with van der Waals surface area (Å²) in [5.74, 6) is -0.971. The van der Waals surface area contributed by atoms with Crippen molar-refractivity contribution in [1.29, 1.82) is 0 Å². The minimum Gasteiger partial charge on any atom is -0.478 e. The number of aliphatic carboxylic acids is 1. The molecule has 1 N–H and O–H groups in total. The van der Waals surface area contributed by atoms with E-state index in [1.54, 1.807) is 0 Å². The van der Waals surface area contributed by atoms with Crippen LogP contribution >= 0.6 is 11.6 Å². The van der Waals surface area contributed by atoms with Gasteiger partial charge in [0, 0.05) is 11.1 Å². The van der Waals surface area contributed by atoms with E-state index in [0.717, 1.165) is 18.9 Å². The Labute approximate surface area is 65.5 Å². The third-order valence-electron chi connectivity index (χ3n) is 1.05. The molecule has 0 rings (SSSR count). The van der Waals surface area contributed by atoms with E-state index >= 15 is 0 Å². The van der Waals surface area contributed by atoms with Crippen LogP contribution in [0.4, 0.5) is 0 Å². The van der Waals surface area contributed by atoms with Gasteiger partial charge in [0.05, 0.1) is 0 Å². The van der Waals surface area contributed by atoms with Crippen molar-refractivity contribution < 1.29 is 9.90 Å². The van der Waals surface area contributed by atoms with Gasteiger partial charge in [-0.05, 0) is 12.8 Å². The Hall–Kier alpha value is -0.500. The molecule has 0 atom stereocenters. The van der Waals surface area contributed by atoms with Crippen molar-refractivity contribution in [2.75, 3.05) is 0 Å². The van der Waals surface area contributed by atoms with Gasteiger partial charge in [0.2, 0.25) is 0 Å². The van der Waals surface area contributed by atoms with Crippen LogP contribution in [-0.4, -0.2) is 11.1 Å². The fraction of sp³-hybridized carbons (Fsp3) is 0.571. The zero-order valence-electron chi connectivity index (χ0n) is 5.93. The van der Waals surface area contributed by atoms with Gasteiger partial charge in [-0.2, -0.15) is 0 Å². The van der Waals surface area contributed by atoms with Crippen molar-refractivity contribution >= 4 is 17.6 Å². The maximum atomic E-state index is 10.0. The topological polar surface area (TPSA) is 37.3 Å². The van der Waals surface area contributed by atoms with Gasteiger partial charge in [0.25, 0.3) is 0 Å². The Balaban J connectivity index is 3.60. The normalized spacial score (nSPS) is 11.6. The average Bonchev–Trinajstić information content (AvgIpc) is 1.82. The Bertz CT molecular complexity index is 141. The quantitative estimate of drug-likeness (QED) is 0.645. The molecule has 58 valence electrons. The molecule has 0 aliphatic rings. The summed E-state index contributed by atoms with van der Waals surface area (Å²) in [5.41, 5.74) is 0. The maximum absolute atomic E-state index is 10.0. The molecule has 0 amide bonds. The van der Waals surface area contributed by atoms with E-state index < -0.39 is 5.97 Å². The lowest BCUT2D eigenvalue weighted by atomic mass is 10.2. The van der Waals surface area contributed by atoms with Crippen LogP contribution in [0.2, 0.25) is 0 Å². The smallest absolute Gasteiger partial charge is 0.329 e. The predicted molar refractivity (Wildman–Crippen MR) is 41.1 cm³/mol. The van der Waals surface area contributed by atoms with E-state index in [1.165, 1.54) is 0 Å². The molecule has 0 aromatic carbocycles. The van der Waals surface area contributed by atoms with Gasteiger partial charge in [0.15, 0.2) is 0 Å². The molecule has 2 nitrogen and oxygen atoms in total. The van der Waals surface area contributed by atoms with Crippen LogP contribution in [0.1, 0.15) is 26.2 Å². The predicted octanol–water partition coefficient (Wildman–Crippen LogP) is 2.38. The molecule has 0 saturated carbocycles. The van der Waals surface area contributed by atoms with E-state index in [4.69, 9.17) is 16.7 Å². The van der Waals surface area contributed by atoms with E-state index in [2.05, 4.69) is 0 Å². The first-order valence-electron chi connectivity index (χ1n) is 3.25. The first kappa shape index (κ1) is 9.50. The van der Waals surface area contributed by atoms with Crippen molar-refractivity contribution in [1.82, 2.24) is 0 Å². The van der Waals surface area contributed by atoms with Crippen LogP contribution in [0.25, 0.3) is 0 Å². The highest BCUT2D eigenvalue weighted by Gasteiger charge is 1.94. The Kier molecular flexibility index (Phi) is 5.03. The third kappa shape index (κ3) is 5.63. The molecule has 0 saturated heterocycles. The molecule has 0 radical (unpaired) electrons. The fourth-order valence-corrected chi connectivity index (χ4v) is 0.779. The Morgan fingerprint density at radius 2 is 2.30 bits per heavy atom. The number of carbonyl (C=O) groups is 1. The molecule has 0 aliphatic carbocycles. The van der Waals surface area contributed by atoms with Gasteiger partial charge in [-0.1, -0.05) is 24.9 Å². The zero-order chi connectivity index (χ0) is 7.98. The molecule has 0 spiro atoms. The summed E-state index contributed by atoms with van der Waals surface area (Å²) in [6, 6.07) is 0. The maximum Gasteiger partial charge on any atom is 0.329 e. The molecule has 3 heteroatoms.